The quantitative estimate of drug-likeness (QED) is 0.828. The van der Waals surface area contributed by atoms with Crippen LogP contribution >= 0.6 is 0 Å². The highest BCUT2D eigenvalue weighted by molar-refractivity contribution is 5.80. The third-order valence-corrected chi connectivity index (χ3v) is 5.64. The number of hydrogen-bond acceptors (Lipinski definition) is 5. The van der Waals surface area contributed by atoms with Crippen molar-refractivity contribution in [3.05, 3.63) is 29.8 Å². The maximum atomic E-state index is 12.6. The summed E-state index contributed by atoms with van der Waals surface area (Å²) in [5, 5.41) is 18.9. The Kier molecular flexibility index (Phi) is 6.02. The van der Waals surface area contributed by atoms with E-state index in [0.29, 0.717) is 24.3 Å². The number of carbonyl (C=O) groups excluding carboxylic acids is 1. The van der Waals surface area contributed by atoms with Crippen molar-refractivity contribution in [3.8, 4) is 11.8 Å². The van der Waals surface area contributed by atoms with Crippen molar-refractivity contribution in [2.45, 2.75) is 64.2 Å². The molecule has 0 aromatic heterocycles. The molecule has 0 spiro atoms. The van der Waals surface area contributed by atoms with Gasteiger partial charge in [0.2, 0.25) is 0 Å². The van der Waals surface area contributed by atoms with E-state index in [0.717, 1.165) is 19.3 Å². The van der Waals surface area contributed by atoms with Crippen LogP contribution in [-0.4, -0.2) is 46.4 Å². The van der Waals surface area contributed by atoms with E-state index in [2.05, 4.69) is 6.07 Å². The summed E-state index contributed by atoms with van der Waals surface area (Å²) in [7, 11) is 0. The van der Waals surface area contributed by atoms with Gasteiger partial charge in [0, 0.05) is 6.54 Å². The first-order valence-electron chi connectivity index (χ1n) is 10.1. The normalized spacial score (nSPS) is 26.8. The van der Waals surface area contributed by atoms with Gasteiger partial charge in [-0.15, -0.1) is 0 Å². The molecule has 2 aliphatic rings. The second-order valence-corrected chi connectivity index (χ2v) is 8.90. The molecule has 1 N–H and O–H groups in total. The number of piperidine rings is 1. The fourth-order valence-corrected chi connectivity index (χ4v) is 4.31. The van der Waals surface area contributed by atoms with Gasteiger partial charge >= 0.3 is 12.1 Å². The Bertz CT molecular complexity index is 810. The Morgan fingerprint density at radius 1 is 1.17 bits per heavy atom. The molecular weight excluding hydrogens is 372 g/mol. The maximum Gasteiger partial charge on any atom is 0.411 e. The summed E-state index contributed by atoms with van der Waals surface area (Å²) >= 11 is 0. The molecule has 1 saturated carbocycles. The van der Waals surface area contributed by atoms with Crippen LogP contribution in [0.2, 0.25) is 0 Å². The number of nitrogens with zero attached hydrogens (tertiary/aromatic N) is 2. The van der Waals surface area contributed by atoms with Crippen LogP contribution in [0.5, 0.6) is 5.75 Å². The maximum absolute atomic E-state index is 12.6. The zero-order valence-electron chi connectivity index (χ0n) is 17.1. The topological polar surface area (TPSA) is 99.9 Å². The molecule has 29 heavy (non-hydrogen) atoms. The molecular formula is C22H28N2O5. The number of rotatable bonds is 3. The zero-order chi connectivity index (χ0) is 21.2. The molecule has 0 bridgehead atoms. The van der Waals surface area contributed by atoms with Crippen molar-refractivity contribution in [1.29, 1.82) is 5.26 Å². The lowest BCUT2D eigenvalue weighted by atomic mass is 9.72. The highest BCUT2D eigenvalue weighted by atomic mass is 16.6. The van der Waals surface area contributed by atoms with Gasteiger partial charge in [-0.3, -0.25) is 4.90 Å². The van der Waals surface area contributed by atoms with E-state index in [-0.39, 0.29) is 17.9 Å². The van der Waals surface area contributed by atoms with E-state index >= 15 is 0 Å². The fraction of sp³-hybridized carbons (Fsp3) is 0.591. The number of carboxylic acids is 1. The Labute approximate surface area is 171 Å². The average Bonchev–Trinajstić information content (AvgIpc) is 2.66. The molecule has 2 fully saturated rings. The van der Waals surface area contributed by atoms with Gasteiger partial charge in [0.05, 0.1) is 11.7 Å². The SMILES string of the molecule is CC(C)(C)OC(=O)N1CC2CCC(Oc3ccccc3C#N)CC2CC1C(=O)O. The number of fused-ring (bicyclic) bond motifs is 1. The van der Waals surface area contributed by atoms with Gasteiger partial charge in [0.1, 0.15) is 23.5 Å². The minimum Gasteiger partial charge on any atom is -0.489 e. The van der Waals surface area contributed by atoms with E-state index in [1.165, 1.54) is 4.90 Å². The second-order valence-electron chi connectivity index (χ2n) is 8.90. The van der Waals surface area contributed by atoms with E-state index < -0.39 is 23.7 Å². The first kappa shape index (κ1) is 21.0. The number of ether oxygens (including phenoxy) is 2. The van der Waals surface area contributed by atoms with Gasteiger partial charge < -0.3 is 14.6 Å². The first-order chi connectivity index (χ1) is 13.7. The molecule has 4 unspecified atom stereocenters. The van der Waals surface area contributed by atoms with Gasteiger partial charge in [0.15, 0.2) is 0 Å². The van der Waals surface area contributed by atoms with E-state index in [1.54, 1.807) is 39.0 Å². The lowest BCUT2D eigenvalue weighted by molar-refractivity contribution is -0.147. The largest absolute Gasteiger partial charge is 0.489 e. The van der Waals surface area contributed by atoms with Gasteiger partial charge in [-0.1, -0.05) is 12.1 Å². The number of hydrogen-bond donors (Lipinski definition) is 1. The van der Waals surface area contributed by atoms with Crippen molar-refractivity contribution in [1.82, 2.24) is 4.90 Å². The molecule has 4 atom stereocenters. The summed E-state index contributed by atoms with van der Waals surface area (Å²) in [6.45, 7) is 5.71. The van der Waals surface area contributed by atoms with E-state index in [1.807, 2.05) is 6.07 Å². The molecule has 1 aliphatic carbocycles. The summed E-state index contributed by atoms with van der Waals surface area (Å²) in [6.07, 6.45) is 2.13. The van der Waals surface area contributed by atoms with Crippen LogP contribution in [-0.2, 0) is 9.53 Å². The molecule has 1 aromatic carbocycles. The van der Waals surface area contributed by atoms with E-state index in [4.69, 9.17) is 9.47 Å². The Hall–Kier alpha value is -2.75. The van der Waals surface area contributed by atoms with Gasteiger partial charge in [-0.25, -0.2) is 9.59 Å². The van der Waals surface area contributed by atoms with Crippen LogP contribution in [0.1, 0.15) is 52.0 Å². The smallest absolute Gasteiger partial charge is 0.411 e. The molecule has 156 valence electrons. The molecule has 7 heteroatoms. The van der Waals surface area contributed by atoms with Crippen LogP contribution in [0.3, 0.4) is 0 Å². The monoisotopic (exact) mass is 400 g/mol. The molecule has 1 aliphatic heterocycles. The standard InChI is InChI=1S/C22H28N2O5/c1-22(2,3)29-21(27)24-13-15-8-9-17(10-16(15)11-18(24)20(25)26)28-19-7-5-4-6-14(19)12-23/h4-7,15-18H,8-11,13H2,1-3H3,(H,25,26). The summed E-state index contributed by atoms with van der Waals surface area (Å²) in [4.78, 5) is 25.8. The molecule has 1 saturated heterocycles. The van der Waals surface area contributed by atoms with Crippen LogP contribution in [0, 0.1) is 23.2 Å². The summed E-state index contributed by atoms with van der Waals surface area (Å²) in [5.74, 6) is -0.0569. The van der Waals surface area contributed by atoms with Crippen molar-refractivity contribution in [3.63, 3.8) is 0 Å². The molecule has 3 rings (SSSR count). The number of benzene rings is 1. The van der Waals surface area contributed by atoms with Crippen LogP contribution in [0.25, 0.3) is 0 Å². The van der Waals surface area contributed by atoms with E-state index in [9.17, 15) is 20.0 Å². The molecule has 7 nitrogen and oxygen atoms in total. The number of nitriles is 1. The van der Waals surface area contributed by atoms with Gasteiger partial charge in [0.25, 0.3) is 0 Å². The Balaban J connectivity index is 1.69. The van der Waals surface area contributed by atoms with Crippen molar-refractivity contribution in [2.24, 2.45) is 11.8 Å². The molecule has 0 radical (unpaired) electrons. The number of para-hydroxylation sites is 1. The number of carboxylic acid groups (broad SMARTS) is 1. The highest BCUT2D eigenvalue weighted by Crippen LogP contribution is 2.40. The minimum absolute atomic E-state index is 0.0618. The first-order valence-corrected chi connectivity index (χ1v) is 10.1. The second kappa shape index (κ2) is 8.32. The Morgan fingerprint density at radius 2 is 1.90 bits per heavy atom. The van der Waals surface area contributed by atoms with Gasteiger partial charge in [-0.05, 0) is 70.4 Å². The summed E-state index contributed by atoms with van der Waals surface area (Å²) in [5.41, 5.74) is -0.172. The summed E-state index contributed by atoms with van der Waals surface area (Å²) in [6, 6.07) is 8.39. The third-order valence-electron chi connectivity index (χ3n) is 5.64. The predicted molar refractivity (Wildman–Crippen MR) is 105 cm³/mol. The molecule has 1 heterocycles. The number of likely N-dealkylation sites (tertiary alicyclic amines) is 1. The summed E-state index contributed by atoms with van der Waals surface area (Å²) < 4.78 is 11.5. The van der Waals surface area contributed by atoms with Crippen LogP contribution < -0.4 is 4.74 Å². The number of amides is 1. The number of carbonyl (C=O) groups is 2. The zero-order valence-corrected chi connectivity index (χ0v) is 17.1. The van der Waals surface area contributed by atoms with Crippen molar-refractivity contribution >= 4 is 12.1 Å². The van der Waals surface area contributed by atoms with Crippen molar-refractivity contribution in [2.75, 3.05) is 6.54 Å². The number of aliphatic carboxylic acids is 1. The lowest BCUT2D eigenvalue weighted by Crippen LogP contribution is -2.56. The molecule has 1 aromatic rings. The molecule has 1 amide bonds. The minimum atomic E-state index is -1.01. The lowest BCUT2D eigenvalue weighted by Gasteiger charge is -2.46. The highest BCUT2D eigenvalue weighted by Gasteiger charge is 2.45. The Morgan fingerprint density at radius 3 is 2.55 bits per heavy atom. The van der Waals surface area contributed by atoms with Crippen LogP contribution in [0.15, 0.2) is 24.3 Å². The van der Waals surface area contributed by atoms with Crippen LogP contribution in [0.4, 0.5) is 4.79 Å². The van der Waals surface area contributed by atoms with Crippen molar-refractivity contribution < 1.29 is 24.2 Å². The third kappa shape index (κ3) is 5.00. The predicted octanol–water partition coefficient (Wildman–Crippen LogP) is 3.82. The average molecular weight is 400 g/mol. The fourth-order valence-electron chi connectivity index (χ4n) is 4.31. The van der Waals surface area contributed by atoms with Gasteiger partial charge in [-0.2, -0.15) is 5.26 Å².